The van der Waals surface area contributed by atoms with Gasteiger partial charge < -0.3 is 15.0 Å². The van der Waals surface area contributed by atoms with E-state index in [0.29, 0.717) is 6.54 Å². The van der Waals surface area contributed by atoms with Gasteiger partial charge in [-0.05, 0) is 32.2 Å². The Morgan fingerprint density at radius 3 is 3.14 bits per heavy atom. The summed E-state index contributed by atoms with van der Waals surface area (Å²) in [6.07, 6.45) is 6.06. The van der Waals surface area contributed by atoms with Crippen molar-refractivity contribution in [1.29, 1.82) is 0 Å². The van der Waals surface area contributed by atoms with Crippen LogP contribution in [0.3, 0.4) is 0 Å². The van der Waals surface area contributed by atoms with E-state index in [0.717, 1.165) is 37.2 Å². The Balaban J connectivity index is 2.09. The van der Waals surface area contributed by atoms with Crippen molar-refractivity contribution in [3.63, 3.8) is 0 Å². The first kappa shape index (κ1) is 9.68. The van der Waals surface area contributed by atoms with Gasteiger partial charge in [-0.3, -0.25) is 0 Å². The van der Waals surface area contributed by atoms with E-state index in [1.165, 1.54) is 6.42 Å². The lowest BCUT2D eigenvalue weighted by molar-refractivity contribution is -0.00198. The van der Waals surface area contributed by atoms with E-state index in [2.05, 4.69) is 5.16 Å². The van der Waals surface area contributed by atoms with Crippen molar-refractivity contribution in [2.24, 2.45) is 5.73 Å². The van der Waals surface area contributed by atoms with Gasteiger partial charge in [0, 0.05) is 12.2 Å². The molecular formula is C10H16N2O2. The third-order valence-electron chi connectivity index (χ3n) is 2.56. The molecule has 4 heteroatoms. The Morgan fingerprint density at radius 1 is 1.50 bits per heavy atom. The van der Waals surface area contributed by atoms with Crippen LogP contribution < -0.4 is 5.73 Å². The van der Waals surface area contributed by atoms with E-state index in [1.807, 2.05) is 0 Å². The molecule has 1 unspecified atom stereocenters. The van der Waals surface area contributed by atoms with Crippen LogP contribution in [-0.4, -0.2) is 18.3 Å². The normalized spacial score (nSPS) is 22.5. The first-order valence-electron chi connectivity index (χ1n) is 5.17. The molecule has 1 aromatic heterocycles. The Bertz CT molecular complexity index is 279. The van der Waals surface area contributed by atoms with Gasteiger partial charge in [0.15, 0.2) is 5.76 Å². The Morgan fingerprint density at radius 2 is 2.43 bits per heavy atom. The fourth-order valence-electron chi connectivity index (χ4n) is 1.83. The molecule has 0 spiro atoms. The molecule has 0 bridgehead atoms. The molecule has 4 nitrogen and oxygen atoms in total. The summed E-state index contributed by atoms with van der Waals surface area (Å²) in [5.74, 6) is 0.884. The number of aromatic nitrogens is 1. The van der Waals surface area contributed by atoms with Crippen LogP contribution in [0.25, 0.3) is 0 Å². The summed E-state index contributed by atoms with van der Waals surface area (Å²) in [6.45, 7) is 1.45. The summed E-state index contributed by atoms with van der Waals surface area (Å²) < 4.78 is 10.9. The zero-order valence-corrected chi connectivity index (χ0v) is 8.24. The molecule has 0 saturated carbocycles. The lowest BCUT2D eigenvalue weighted by atomic mass is 10.0. The lowest BCUT2D eigenvalue weighted by Crippen LogP contribution is -2.13. The molecule has 78 valence electrons. The van der Waals surface area contributed by atoms with Crippen LogP contribution in [-0.2, 0) is 11.2 Å². The second kappa shape index (κ2) is 4.57. The van der Waals surface area contributed by atoms with Crippen LogP contribution in [0.15, 0.2) is 10.7 Å². The van der Waals surface area contributed by atoms with E-state index < -0.39 is 0 Å². The molecule has 0 aromatic carbocycles. The smallest absolute Gasteiger partial charge is 0.168 e. The topological polar surface area (TPSA) is 61.3 Å². The highest BCUT2D eigenvalue weighted by molar-refractivity contribution is 5.16. The van der Waals surface area contributed by atoms with Gasteiger partial charge in [-0.15, -0.1) is 0 Å². The predicted molar refractivity (Wildman–Crippen MR) is 51.8 cm³/mol. The number of nitrogens with zero attached hydrogens (tertiary/aromatic N) is 1. The van der Waals surface area contributed by atoms with E-state index in [9.17, 15) is 0 Å². The van der Waals surface area contributed by atoms with E-state index >= 15 is 0 Å². The maximum atomic E-state index is 5.63. The first-order chi connectivity index (χ1) is 6.92. The molecule has 14 heavy (non-hydrogen) atoms. The average Bonchev–Trinajstić information content (AvgIpc) is 2.68. The maximum absolute atomic E-state index is 5.63. The van der Waals surface area contributed by atoms with Gasteiger partial charge in [0.25, 0.3) is 0 Å². The summed E-state index contributed by atoms with van der Waals surface area (Å²) in [5, 5.41) is 3.81. The summed E-state index contributed by atoms with van der Waals surface area (Å²) in [6, 6.07) is 0. The van der Waals surface area contributed by atoms with E-state index in [4.69, 9.17) is 15.0 Å². The minimum atomic E-state index is 0.104. The summed E-state index contributed by atoms with van der Waals surface area (Å²) >= 11 is 0. The third kappa shape index (κ3) is 1.96. The summed E-state index contributed by atoms with van der Waals surface area (Å²) in [7, 11) is 0. The van der Waals surface area contributed by atoms with E-state index in [1.54, 1.807) is 6.20 Å². The first-order valence-corrected chi connectivity index (χ1v) is 5.17. The van der Waals surface area contributed by atoms with Crippen LogP contribution in [0, 0.1) is 0 Å². The molecule has 1 aromatic rings. The predicted octanol–water partition coefficient (Wildman–Crippen LogP) is 1.42. The molecular weight excluding hydrogens is 180 g/mol. The van der Waals surface area contributed by atoms with Crippen molar-refractivity contribution in [1.82, 2.24) is 5.16 Å². The van der Waals surface area contributed by atoms with Crippen LogP contribution in [0.5, 0.6) is 0 Å². The van der Waals surface area contributed by atoms with Crippen molar-refractivity contribution in [2.45, 2.75) is 31.8 Å². The molecule has 1 fully saturated rings. The Labute approximate surface area is 83.4 Å². The second-order valence-electron chi connectivity index (χ2n) is 3.61. The highest BCUT2D eigenvalue weighted by Gasteiger charge is 2.22. The quantitative estimate of drug-likeness (QED) is 0.794. The minimum Gasteiger partial charge on any atom is -0.370 e. The van der Waals surface area contributed by atoms with Crippen molar-refractivity contribution in [3.05, 3.63) is 17.5 Å². The van der Waals surface area contributed by atoms with Crippen LogP contribution in [0.4, 0.5) is 0 Å². The number of hydrogen-bond acceptors (Lipinski definition) is 4. The fourth-order valence-corrected chi connectivity index (χ4v) is 1.83. The SMILES string of the molecule is NCCc1cnoc1C1CCCCO1. The number of rotatable bonds is 3. The molecule has 2 rings (SSSR count). The molecule has 1 aliphatic heterocycles. The molecule has 0 amide bonds. The van der Waals surface area contributed by atoms with Gasteiger partial charge in [0.1, 0.15) is 6.10 Å². The second-order valence-corrected chi connectivity index (χ2v) is 3.61. The molecule has 0 radical (unpaired) electrons. The van der Waals surface area contributed by atoms with Crippen molar-refractivity contribution >= 4 is 0 Å². The zero-order chi connectivity index (χ0) is 9.80. The Kier molecular flexibility index (Phi) is 3.16. The highest BCUT2D eigenvalue weighted by Crippen LogP contribution is 2.29. The van der Waals surface area contributed by atoms with Crippen LogP contribution in [0.2, 0.25) is 0 Å². The molecule has 1 aliphatic rings. The van der Waals surface area contributed by atoms with Crippen molar-refractivity contribution < 1.29 is 9.26 Å². The number of hydrogen-bond donors (Lipinski definition) is 1. The van der Waals surface area contributed by atoms with Gasteiger partial charge in [-0.2, -0.15) is 0 Å². The zero-order valence-electron chi connectivity index (χ0n) is 8.24. The highest BCUT2D eigenvalue weighted by atomic mass is 16.5. The number of ether oxygens (including phenoxy) is 1. The van der Waals surface area contributed by atoms with Gasteiger partial charge in [-0.25, -0.2) is 0 Å². The monoisotopic (exact) mass is 196 g/mol. The fraction of sp³-hybridized carbons (Fsp3) is 0.700. The number of nitrogens with two attached hydrogens (primary N) is 1. The van der Waals surface area contributed by atoms with Crippen LogP contribution >= 0.6 is 0 Å². The standard InChI is InChI=1S/C10H16N2O2/c11-5-4-8-7-12-14-10(8)9-3-1-2-6-13-9/h7,9H,1-6,11H2. The maximum Gasteiger partial charge on any atom is 0.168 e. The largest absolute Gasteiger partial charge is 0.370 e. The summed E-state index contributed by atoms with van der Waals surface area (Å²) in [4.78, 5) is 0. The lowest BCUT2D eigenvalue weighted by Gasteiger charge is -2.20. The van der Waals surface area contributed by atoms with Crippen molar-refractivity contribution in [3.8, 4) is 0 Å². The van der Waals surface area contributed by atoms with E-state index in [-0.39, 0.29) is 6.10 Å². The van der Waals surface area contributed by atoms with Gasteiger partial charge in [0.05, 0.1) is 6.20 Å². The van der Waals surface area contributed by atoms with Gasteiger partial charge in [0.2, 0.25) is 0 Å². The van der Waals surface area contributed by atoms with Gasteiger partial charge >= 0.3 is 0 Å². The molecule has 1 atom stereocenters. The Hall–Kier alpha value is -0.870. The molecule has 1 saturated heterocycles. The summed E-state index contributed by atoms with van der Waals surface area (Å²) in [5.41, 5.74) is 6.60. The average molecular weight is 196 g/mol. The minimum absolute atomic E-state index is 0.104. The van der Waals surface area contributed by atoms with Crippen molar-refractivity contribution in [2.75, 3.05) is 13.2 Å². The molecule has 2 N–H and O–H groups in total. The molecule has 0 aliphatic carbocycles. The third-order valence-corrected chi connectivity index (χ3v) is 2.56. The van der Waals surface area contributed by atoms with Crippen LogP contribution in [0.1, 0.15) is 36.7 Å². The van der Waals surface area contributed by atoms with Gasteiger partial charge in [-0.1, -0.05) is 5.16 Å². The molecule has 2 heterocycles.